The Morgan fingerprint density at radius 3 is 2.59 bits per heavy atom. The first-order chi connectivity index (χ1) is 18.9. The lowest BCUT2D eigenvalue weighted by Gasteiger charge is -2.22. The number of benzene rings is 3. The average Bonchev–Trinajstić information content (AvgIpc) is 3.79. The number of hydrogen-bond acceptors (Lipinski definition) is 6. The molecule has 8 heteroatoms. The van der Waals surface area contributed by atoms with Gasteiger partial charge in [-0.1, -0.05) is 37.3 Å². The van der Waals surface area contributed by atoms with Crippen molar-refractivity contribution < 1.29 is 14.4 Å². The van der Waals surface area contributed by atoms with Crippen molar-refractivity contribution in [3.63, 3.8) is 0 Å². The van der Waals surface area contributed by atoms with Gasteiger partial charge in [0.25, 0.3) is 11.8 Å². The number of hydroxylamine groups is 2. The number of carbonyl (C=O) groups excluding carboxylic acids is 2. The van der Waals surface area contributed by atoms with Crippen LogP contribution in [0.15, 0.2) is 77.3 Å². The highest BCUT2D eigenvalue weighted by atomic mass is 16.7. The molecule has 0 aromatic heterocycles. The predicted octanol–water partition coefficient (Wildman–Crippen LogP) is 5.54. The Hall–Kier alpha value is -4.43. The molecule has 39 heavy (non-hydrogen) atoms. The number of nitrogens with two attached hydrogens (primary N) is 2. The molecule has 3 aromatic rings. The molecule has 2 aliphatic rings. The minimum absolute atomic E-state index is 0.175. The van der Waals surface area contributed by atoms with Gasteiger partial charge in [-0.25, -0.2) is 10.1 Å². The van der Waals surface area contributed by atoms with Gasteiger partial charge in [0.2, 0.25) is 0 Å². The molecule has 1 saturated carbocycles. The van der Waals surface area contributed by atoms with E-state index in [4.69, 9.17) is 16.3 Å². The van der Waals surface area contributed by atoms with E-state index in [1.807, 2.05) is 37.3 Å². The molecule has 5 N–H and O–H groups in total. The van der Waals surface area contributed by atoms with Gasteiger partial charge in [-0.05, 0) is 78.8 Å². The third kappa shape index (κ3) is 6.53. The molecule has 0 bridgehead atoms. The molecule has 0 unspecified atom stereocenters. The van der Waals surface area contributed by atoms with Crippen molar-refractivity contribution in [2.45, 2.75) is 45.1 Å². The van der Waals surface area contributed by atoms with Crippen LogP contribution in [0.3, 0.4) is 0 Å². The van der Waals surface area contributed by atoms with Gasteiger partial charge in [-0.15, -0.1) is 0 Å². The number of hydrogen-bond donors (Lipinski definition) is 3. The molecule has 1 fully saturated rings. The smallest absolute Gasteiger partial charge is 0.273 e. The normalized spacial score (nSPS) is 14.5. The van der Waals surface area contributed by atoms with Crippen molar-refractivity contribution in [2.24, 2.45) is 10.7 Å². The van der Waals surface area contributed by atoms with Crippen LogP contribution in [0.1, 0.15) is 65.6 Å². The van der Waals surface area contributed by atoms with Crippen LogP contribution >= 0.6 is 0 Å². The fourth-order valence-corrected chi connectivity index (χ4v) is 4.51. The van der Waals surface area contributed by atoms with E-state index < -0.39 is 0 Å². The van der Waals surface area contributed by atoms with Gasteiger partial charge in [0.15, 0.2) is 0 Å². The predicted molar refractivity (Wildman–Crippen MR) is 154 cm³/mol. The van der Waals surface area contributed by atoms with Gasteiger partial charge in [0.05, 0.1) is 5.69 Å². The first kappa shape index (κ1) is 26.2. The van der Waals surface area contributed by atoms with Crippen LogP contribution in [0.2, 0.25) is 0 Å². The van der Waals surface area contributed by atoms with Crippen molar-refractivity contribution in [2.75, 3.05) is 17.6 Å². The number of aliphatic imine (C=N–C) groups is 1. The number of nitrogens with zero attached hydrogens (tertiary/aromatic N) is 2. The van der Waals surface area contributed by atoms with E-state index in [2.05, 4.69) is 16.4 Å². The summed E-state index contributed by atoms with van der Waals surface area (Å²) in [7, 11) is 0. The number of fused-ring (bicyclic) bond motifs is 1. The lowest BCUT2D eigenvalue weighted by Crippen LogP contribution is -2.34. The highest BCUT2D eigenvalue weighted by Gasteiger charge is 2.24. The zero-order chi connectivity index (χ0) is 27.4. The third-order valence-electron chi connectivity index (χ3n) is 6.75. The van der Waals surface area contributed by atoms with Gasteiger partial charge in [0.1, 0.15) is 12.4 Å². The number of amides is 2. The standard InChI is InChI=1S/C31H33N5O3/c1-2-14-36(39-19-20-6-12-26(32)13-7-20)31(38)25-15-23-10-11-24(17-28(23)35-29(33)18-25)30(37)34-27-5-3-4-22(16-27)21-8-9-21/h3-7,10-13,15-17,21H,2,8-9,14,18-19,32H2,1H3,(H2,33,35)(H,34,37). The Balaban J connectivity index is 1.32. The molecule has 0 radical (unpaired) electrons. The Morgan fingerprint density at radius 2 is 1.85 bits per heavy atom. The second-order valence-electron chi connectivity index (χ2n) is 10.00. The monoisotopic (exact) mass is 523 g/mol. The van der Waals surface area contributed by atoms with E-state index in [0.717, 1.165) is 17.7 Å². The van der Waals surface area contributed by atoms with Crippen LogP contribution < -0.4 is 16.8 Å². The van der Waals surface area contributed by atoms with Crippen LogP contribution in [-0.4, -0.2) is 29.3 Å². The number of anilines is 2. The quantitative estimate of drug-likeness (QED) is 0.251. The maximum absolute atomic E-state index is 13.5. The number of nitrogen functional groups attached to an aromatic ring is 1. The summed E-state index contributed by atoms with van der Waals surface area (Å²) in [5.74, 6) is 0.398. The molecule has 1 aliphatic carbocycles. The van der Waals surface area contributed by atoms with Crippen molar-refractivity contribution in [3.8, 4) is 0 Å². The van der Waals surface area contributed by atoms with Crippen LogP contribution in [-0.2, 0) is 16.2 Å². The highest BCUT2D eigenvalue weighted by molar-refractivity contribution is 6.07. The summed E-state index contributed by atoms with van der Waals surface area (Å²) < 4.78 is 0. The fraction of sp³-hybridized carbons (Fsp3) is 0.258. The fourth-order valence-electron chi connectivity index (χ4n) is 4.51. The van der Waals surface area contributed by atoms with Gasteiger partial charge in [-0.3, -0.25) is 14.4 Å². The number of rotatable bonds is 9. The van der Waals surface area contributed by atoms with Gasteiger partial charge < -0.3 is 16.8 Å². The summed E-state index contributed by atoms with van der Waals surface area (Å²) in [4.78, 5) is 36.9. The van der Waals surface area contributed by atoms with Crippen molar-refractivity contribution in [3.05, 3.63) is 94.6 Å². The van der Waals surface area contributed by atoms with Crippen LogP contribution in [0, 0.1) is 0 Å². The molecule has 8 nitrogen and oxygen atoms in total. The largest absolute Gasteiger partial charge is 0.399 e. The van der Waals surface area contributed by atoms with Gasteiger partial charge >= 0.3 is 0 Å². The molecule has 0 saturated heterocycles. The molecule has 5 rings (SSSR count). The van der Waals surface area contributed by atoms with Crippen molar-refractivity contribution in [1.82, 2.24) is 5.06 Å². The summed E-state index contributed by atoms with van der Waals surface area (Å²) in [5, 5.41) is 4.36. The maximum Gasteiger partial charge on any atom is 0.273 e. The van der Waals surface area contributed by atoms with Crippen LogP contribution in [0.4, 0.5) is 17.1 Å². The van der Waals surface area contributed by atoms with E-state index in [1.54, 1.807) is 36.4 Å². The average molecular weight is 524 g/mol. The Bertz CT molecular complexity index is 1440. The van der Waals surface area contributed by atoms with Crippen LogP contribution in [0.5, 0.6) is 0 Å². The van der Waals surface area contributed by atoms with E-state index in [1.165, 1.54) is 23.5 Å². The highest BCUT2D eigenvalue weighted by Crippen LogP contribution is 2.40. The maximum atomic E-state index is 13.5. The number of nitrogens with one attached hydrogen (secondary N) is 1. The lowest BCUT2D eigenvalue weighted by atomic mass is 10.0. The first-order valence-electron chi connectivity index (χ1n) is 13.3. The molecule has 1 heterocycles. The van der Waals surface area contributed by atoms with Crippen molar-refractivity contribution in [1.29, 1.82) is 0 Å². The van der Waals surface area contributed by atoms with Crippen molar-refractivity contribution >= 4 is 40.8 Å². The Labute approximate surface area is 228 Å². The molecule has 2 amide bonds. The summed E-state index contributed by atoms with van der Waals surface area (Å²) >= 11 is 0. The molecule has 0 spiro atoms. The number of amidine groups is 1. The lowest BCUT2D eigenvalue weighted by molar-refractivity contribution is -0.187. The Morgan fingerprint density at radius 1 is 1.05 bits per heavy atom. The zero-order valence-corrected chi connectivity index (χ0v) is 22.0. The molecular formula is C31H33N5O3. The summed E-state index contributed by atoms with van der Waals surface area (Å²) in [5.41, 5.74) is 17.8. The topological polar surface area (TPSA) is 123 Å². The van der Waals surface area contributed by atoms with E-state index in [9.17, 15) is 9.59 Å². The first-order valence-corrected chi connectivity index (χ1v) is 13.3. The van der Waals surface area contributed by atoms with E-state index in [0.29, 0.717) is 40.5 Å². The van der Waals surface area contributed by atoms with E-state index >= 15 is 0 Å². The molecule has 3 aromatic carbocycles. The molecular weight excluding hydrogens is 490 g/mol. The molecule has 1 aliphatic heterocycles. The second-order valence-corrected chi connectivity index (χ2v) is 10.00. The zero-order valence-electron chi connectivity index (χ0n) is 22.0. The minimum atomic E-state index is -0.268. The molecule has 0 atom stereocenters. The van der Waals surface area contributed by atoms with Gasteiger partial charge in [0, 0.05) is 41.0 Å². The number of carbonyl (C=O) groups is 2. The summed E-state index contributed by atoms with van der Waals surface area (Å²) in [6.45, 7) is 2.64. The summed E-state index contributed by atoms with van der Waals surface area (Å²) in [6.07, 6.45) is 5.07. The van der Waals surface area contributed by atoms with E-state index in [-0.39, 0.29) is 30.7 Å². The SMILES string of the molecule is CCCN(OCc1ccc(N)cc1)C(=O)C1=Cc2ccc(C(=O)Nc3cccc(C4CC4)c3)cc2N=C(N)C1. The molecule has 200 valence electrons. The second kappa shape index (κ2) is 11.5. The van der Waals surface area contributed by atoms with Gasteiger partial charge in [-0.2, -0.15) is 0 Å². The summed E-state index contributed by atoms with van der Waals surface area (Å²) in [6, 6.07) is 20.6. The Kier molecular flexibility index (Phi) is 7.74. The van der Waals surface area contributed by atoms with Crippen LogP contribution in [0.25, 0.3) is 6.08 Å². The minimum Gasteiger partial charge on any atom is -0.399 e. The third-order valence-corrected chi connectivity index (χ3v) is 6.75.